The van der Waals surface area contributed by atoms with Crippen molar-refractivity contribution < 1.29 is 17.0 Å². The van der Waals surface area contributed by atoms with Crippen LogP contribution in [0, 0.1) is 9.52 Å². The molecule has 2 rings (SSSR count). The van der Waals surface area contributed by atoms with Crippen molar-refractivity contribution in [2.45, 2.75) is 4.90 Å². The molecular formula is C11H7FINO3S. The van der Waals surface area contributed by atoms with Gasteiger partial charge in [0.1, 0.15) is 8.60 Å². The van der Waals surface area contributed by atoms with Crippen molar-refractivity contribution in [2.75, 3.05) is 0 Å². The SMILES string of the molecule is O=S(=O)(Oc1ccccc1F)c1cccnc1I. The Morgan fingerprint density at radius 2 is 1.89 bits per heavy atom. The number of para-hydroxylation sites is 1. The van der Waals surface area contributed by atoms with Gasteiger partial charge < -0.3 is 4.18 Å². The Morgan fingerprint density at radius 3 is 2.56 bits per heavy atom. The predicted octanol–water partition coefficient (Wildman–Crippen LogP) is 2.59. The van der Waals surface area contributed by atoms with Crippen molar-refractivity contribution in [3.63, 3.8) is 0 Å². The molecule has 0 saturated heterocycles. The van der Waals surface area contributed by atoms with E-state index < -0.39 is 15.9 Å². The van der Waals surface area contributed by atoms with E-state index in [-0.39, 0.29) is 14.3 Å². The Kier molecular flexibility index (Phi) is 3.81. The zero-order valence-corrected chi connectivity index (χ0v) is 11.9. The molecule has 0 bridgehead atoms. The van der Waals surface area contributed by atoms with Crippen LogP contribution in [-0.2, 0) is 10.1 Å². The Morgan fingerprint density at radius 1 is 1.17 bits per heavy atom. The number of nitrogens with zero attached hydrogens (tertiary/aromatic N) is 1. The van der Waals surface area contributed by atoms with E-state index >= 15 is 0 Å². The van der Waals surface area contributed by atoms with Crippen molar-refractivity contribution >= 4 is 32.7 Å². The number of pyridine rings is 1. The van der Waals surface area contributed by atoms with Crippen LogP contribution in [0.15, 0.2) is 47.5 Å². The minimum atomic E-state index is -4.08. The molecule has 18 heavy (non-hydrogen) atoms. The summed E-state index contributed by atoms with van der Waals surface area (Å²) in [6, 6.07) is 8.13. The Hall–Kier alpha value is -1.22. The number of hydrogen-bond acceptors (Lipinski definition) is 4. The normalized spacial score (nSPS) is 11.2. The maximum absolute atomic E-state index is 13.3. The second-order valence-electron chi connectivity index (χ2n) is 3.26. The van der Waals surface area contributed by atoms with E-state index in [4.69, 9.17) is 4.18 Å². The van der Waals surface area contributed by atoms with Gasteiger partial charge in [-0.25, -0.2) is 9.37 Å². The highest BCUT2D eigenvalue weighted by molar-refractivity contribution is 14.1. The Labute approximate surface area is 117 Å². The van der Waals surface area contributed by atoms with Gasteiger partial charge in [0, 0.05) is 6.20 Å². The van der Waals surface area contributed by atoms with E-state index in [0.717, 1.165) is 6.07 Å². The standard InChI is InChI=1S/C11H7FINO3S/c12-8-4-1-2-5-9(8)17-18(15,16)10-6-3-7-14-11(10)13/h1-7H. The molecular weight excluding hydrogens is 372 g/mol. The zero-order chi connectivity index (χ0) is 13.2. The summed E-state index contributed by atoms with van der Waals surface area (Å²) < 4.78 is 42.2. The van der Waals surface area contributed by atoms with Crippen molar-refractivity contribution in [1.82, 2.24) is 4.98 Å². The molecule has 1 heterocycles. The van der Waals surface area contributed by atoms with Crippen LogP contribution in [0.3, 0.4) is 0 Å². The molecule has 2 aromatic rings. The lowest BCUT2D eigenvalue weighted by Crippen LogP contribution is -2.12. The third-order valence-electron chi connectivity index (χ3n) is 2.03. The topological polar surface area (TPSA) is 56.3 Å². The molecule has 0 saturated carbocycles. The molecule has 0 amide bonds. The maximum atomic E-state index is 13.3. The molecule has 1 aromatic heterocycles. The molecule has 94 valence electrons. The summed E-state index contributed by atoms with van der Waals surface area (Å²) in [5.74, 6) is -1.07. The monoisotopic (exact) mass is 379 g/mol. The van der Waals surface area contributed by atoms with Gasteiger partial charge >= 0.3 is 10.1 Å². The number of hydrogen-bond donors (Lipinski definition) is 0. The minimum Gasteiger partial charge on any atom is -0.376 e. The largest absolute Gasteiger partial charge is 0.376 e. The molecule has 0 aliphatic carbocycles. The molecule has 0 aliphatic heterocycles. The Balaban J connectivity index is 2.40. The Bertz CT molecular complexity index is 675. The fourth-order valence-corrected chi connectivity index (χ4v) is 3.35. The highest BCUT2D eigenvalue weighted by Gasteiger charge is 2.21. The first kappa shape index (κ1) is 13.2. The number of benzene rings is 1. The van der Waals surface area contributed by atoms with Gasteiger partial charge in [-0.2, -0.15) is 8.42 Å². The maximum Gasteiger partial charge on any atom is 0.341 e. The molecule has 0 N–H and O–H groups in total. The van der Waals surface area contributed by atoms with Crippen LogP contribution >= 0.6 is 22.6 Å². The van der Waals surface area contributed by atoms with Crippen LogP contribution in [0.4, 0.5) is 4.39 Å². The molecule has 0 atom stereocenters. The molecule has 1 aromatic carbocycles. The molecule has 0 radical (unpaired) electrons. The fourth-order valence-electron chi connectivity index (χ4n) is 1.23. The molecule has 4 nitrogen and oxygen atoms in total. The van der Waals surface area contributed by atoms with Gasteiger partial charge in [0.05, 0.1) is 0 Å². The molecule has 0 aliphatic rings. The first-order valence-electron chi connectivity index (χ1n) is 4.80. The van der Waals surface area contributed by atoms with Crippen LogP contribution in [-0.4, -0.2) is 13.4 Å². The quantitative estimate of drug-likeness (QED) is 0.468. The van der Waals surface area contributed by atoms with Crippen LogP contribution in [0.5, 0.6) is 5.75 Å². The van der Waals surface area contributed by atoms with Crippen molar-refractivity contribution in [3.8, 4) is 5.75 Å². The second-order valence-corrected chi connectivity index (χ2v) is 5.80. The van der Waals surface area contributed by atoms with E-state index in [1.807, 2.05) is 0 Å². The van der Waals surface area contributed by atoms with Crippen LogP contribution in [0.25, 0.3) is 0 Å². The van der Waals surface area contributed by atoms with Crippen LogP contribution < -0.4 is 4.18 Å². The minimum absolute atomic E-state index is 0.0890. The highest BCUT2D eigenvalue weighted by Crippen LogP contribution is 2.23. The van der Waals surface area contributed by atoms with Crippen molar-refractivity contribution in [3.05, 3.63) is 52.1 Å². The van der Waals surface area contributed by atoms with E-state index in [9.17, 15) is 12.8 Å². The molecule has 7 heteroatoms. The number of halogens is 2. The van der Waals surface area contributed by atoms with Gasteiger partial charge in [0.15, 0.2) is 11.6 Å². The van der Waals surface area contributed by atoms with E-state index in [1.54, 1.807) is 22.6 Å². The number of rotatable bonds is 3. The summed E-state index contributed by atoms with van der Waals surface area (Å²) in [4.78, 5) is 3.75. The summed E-state index contributed by atoms with van der Waals surface area (Å²) in [5.41, 5.74) is 0. The summed E-state index contributed by atoms with van der Waals surface area (Å²) in [6.45, 7) is 0. The van der Waals surface area contributed by atoms with Gasteiger partial charge in [0.2, 0.25) is 0 Å². The first-order chi connectivity index (χ1) is 8.50. The third kappa shape index (κ3) is 2.78. The van der Waals surface area contributed by atoms with Gasteiger partial charge in [-0.05, 0) is 46.9 Å². The van der Waals surface area contributed by atoms with Gasteiger partial charge in [-0.1, -0.05) is 12.1 Å². The molecule has 0 fully saturated rings. The lowest BCUT2D eigenvalue weighted by atomic mass is 10.3. The van der Waals surface area contributed by atoms with Crippen molar-refractivity contribution in [1.29, 1.82) is 0 Å². The molecule has 0 spiro atoms. The van der Waals surface area contributed by atoms with Gasteiger partial charge in [-0.3, -0.25) is 0 Å². The smallest absolute Gasteiger partial charge is 0.341 e. The van der Waals surface area contributed by atoms with Gasteiger partial charge in [-0.15, -0.1) is 0 Å². The van der Waals surface area contributed by atoms with E-state index in [1.165, 1.54) is 36.5 Å². The highest BCUT2D eigenvalue weighted by atomic mass is 127. The second kappa shape index (κ2) is 5.19. The van der Waals surface area contributed by atoms with E-state index in [2.05, 4.69) is 4.98 Å². The van der Waals surface area contributed by atoms with E-state index in [0.29, 0.717) is 0 Å². The predicted molar refractivity (Wildman–Crippen MR) is 71.2 cm³/mol. The summed E-state index contributed by atoms with van der Waals surface area (Å²) in [7, 11) is -4.08. The average molecular weight is 379 g/mol. The molecule has 0 unspecified atom stereocenters. The average Bonchev–Trinajstić information content (AvgIpc) is 2.32. The van der Waals surface area contributed by atoms with Crippen LogP contribution in [0.2, 0.25) is 0 Å². The zero-order valence-electron chi connectivity index (χ0n) is 8.88. The number of aromatic nitrogens is 1. The first-order valence-corrected chi connectivity index (χ1v) is 7.29. The summed E-state index contributed by atoms with van der Waals surface area (Å²) >= 11 is 1.77. The fraction of sp³-hybridized carbons (Fsp3) is 0. The summed E-state index contributed by atoms with van der Waals surface area (Å²) in [6.07, 6.45) is 1.46. The lowest BCUT2D eigenvalue weighted by Gasteiger charge is -2.08. The van der Waals surface area contributed by atoms with Crippen LogP contribution in [0.1, 0.15) is 0 Å². The van der Waals surface area contributed by atoms with Gasteiger partial charge in [0.25, 0.3) is 0 Å². The third-order valence-corrected chi connectivity index (χ3v) is 4.52. The van der Waals surface area contributed by atoms with Crippen molar-refractivity contribution in [2.24, 2.45) is 0 Å². The lowest BCUT2D eigenvalue weighted by molar-refractivity contribution is 0.460. The summed E-state index contributed by atoms with van der Waals surface area (Å²) in [5, 5.41) is 0.